The summed E-state index contributed by atoms with van der Waals surface area (Å²) < 4.78 is 13.3. The molecule has 0 saturated carbocycles. The third-order valence-corrected chi connectivity index (χ3v) is 2.61. The van der Waals surface area contributed by atoms with Crippen molar-refractivity contribution >= 4 is 29.1 Å². The molecule has 19 heavy (non-hydrogen) atoms. The highest BCUT2D eigenvalue weighted by Crippen LogP contribution is 2.22. The van der Waals surface area contributed by atoms with Gasteiger partial charge >= 0.3 is 5.97 Å². The van der Waals surface area contributed by atoms with Gasteiger partial charge in [0, 0.05) is 5.69 Å². The third kappa shape index (κ3) is 3.20. The lowest BCUT2D eigenvalue weighted by Crippen LogP contribution is -2.05. The molecule has 1 aromatic heterocycles. The van der Waals surface area contributed by atoms with E-state index < -0.39 is 11.8 Å². The number of aryl methyl sites for hydroxylation is 1. The molecule has 98 valence electrons. The third-order valence-electron chi connectivity index (χ3n) is 2.40. The summed E-state index contributed by atoms with van der Waals surface area (Å²) in [6.45, 7) is 1.73. The van der Waals surface area contributed by atoms with Crippen LogP contribution in [0.15, 0.2) is 30.3 Å². The van der Waals surface area contributed by atoms with Crippen molar-refractivity contribution in [3.63, 3.8) is 0 Å². The van der Waals surface area contributed by atoms with Gasteiger partial charge < -0.3 is 10.4 Å². The highest BCUT2D eigenvalue weighted by Gasteiger charge is 2.12. The van der Waals surface area contributed by atoms with Crippen LogP contribution >= 0.6 is 11.6 Å². The van der Waals surface area contributed by atoms with E-state index in [0.29, 0.717) is 11.3 Å². The van der Waals surface area contributed by atoms with E-state index in [1.807, 2.05) is 0 Å². The van der Waals surface area contributed by atoms with Crippen LogP contribution in [0.5, 0.6) is 0 Å². The lowest BCUT2D eigenvalue weighted by Gasteiger charge is -2.09. The maximum atomic E-state index is 13.3. The summed E-state index contributed by atoms with van der Waals surface area (Å²) >= 11 is 5.73. The molecule has 2 aromatic rings. The number of pyridine rings is 1. The van der Waals surface area contributed by atoms with E-state index in [2.05, 4.69) is 10.3 Å². The largest absolute Gasteiger partial charge is 0.478 e. The molecule has 2 N–H and O–H groups in total. The normalized spacial score (nSPS) is 10.3. The molecule has 2 rings (SSSR count). The van der Waals surface area contributed by atoms with Gasteiger partial charge in [0.15, 0.2) is 0 Å². The van der Waals surface area contributed by atoms with Crippen LogP contribution in [0.3, 0.4) is 0 Å². The number of benzene rings is 1. The molecule has 0 atom stereocenters. The maximum Gasteiger partial charge on any atom is 0.339 e. The summed E-state index contributed by atoms with van der Waals surface area (Å²) in [5, 5.41) is 12.0. The van der Waals surface area contributed by atoms with Crippen molar-refractivity contribution in [2.24, 2.45) is 0 Å². The van der Waals surface area contributed by atoms with E-state index >= 15 is 0 Å². The fourth-order valence-electron chi connectivity index (χ4n) is 1.65. The minimum atomic E-state index is -1.14. The van der Waals surface area contributed by atoms with Gasteiger partial charge in [0.25, 0.3) is 0 Å². The summed E-state index contributed by atoms with van der Waals surface area (Å²) in [4.78, 5) is 15.0. The Labute approximate surface area is 113 Å². The zero-order valence-corrected chi connectivity index (χ0v) is 10.7. The Morgan fingerprint density at radius 2 is 2.11 bits per heavy atom. The van der Waals surface area contributed by atoms with Gasteiger partial charge in [-0.15, -0.1) is 0 Å². The topological polar surface area (TPSA) is 62.2 Å². The molecule has 0 amide bonds. The Hall–Kier alpha value is -2.14. The van der Waals surface area contributed by atoms with Crippen LogP contribution in [-0.4, -0.2) is 16.1 Å². The molecule has 0 aliphatic heterocycles. The number of carboxylic acids is 1. The summed E-state index contributed by atoms with van der Waals surface area (Å²) in [6, 6.07) is 7.02. The van der Waals surface area contributed by atoms with Gasteiger partial charge in [-0.2, -0.15) is 0 Å². The van der Waals surface area contributed by atoms with Crippen molar-refractivity contribution in [3.05, 3.63) is 52.4 Å². The van der Waals surface area contributed by atoms with Crippen LogP contribution in [0.1, 0.15) is 15.9 Å². The fourth-order valence-corrected chi connectivity index (χ4v) is 1.80. The number of hydrogen-bond donors (Lipinski definition) is 2. The second-order valence-electron chi connectivity index (χ2n) is 3.98. The van der Waals surface area contributed by atoms with Crippen molar-refractivity contribution in [2.45, 2.75) is 6.92 Å². The van der Waals surface area contributed by atoms with E-state index in [0.717, 1.165) is 0 Å². The smallest absolute Gasteiger partial charge is 0.339 e. The van der Waals surface area contributed by atoms with Crippen molar-refractivity contribution < 1.29 is 14.3 Å². The SMILES string of the molecule is Cc1cc(F)cc(Nc2nc(Cl)ccc2C(=O)O)c1. The van der Waals surface area contributed by atoms with Crippen LogP contribution in [0.25, 0.3) is 0 Å². The Kier molecular flexibility index (Phi) is 3.66. The number of anilines is 2. The summed E-state index contributed by atoms with van der Waals surface area (Å²) in [5.41, 5.74) is 1.09. The number of aromatic carboxylic acids is 1. The number of nitrogens with one attached hydrogen (secondary N) is 1. The first kappa shape index (κ1) is 13.3. The summed E-state index contributed by atoms with van der Waals surface area (Å²) in [6.07, 6.45) is 0. The van der Waals surface area contributed by atoms with E-state index in [1.54, 1.807) is 13.0 Å². The Morgan fingerprint density at radius 1 is 1.37 bits per heavy atom. The predicted octanol–water partition coefficient (Wildman–Crippen LogP) is 3.62. The van der Waals surface area contributed by atoms with Gasteiger partial charge in [0.05, 0.1) is 0 Å². The van der Waals surface area contributed by atoms with Crippen LogP contribution in [0, 0.1) is 12.7 Å². The van der Waals surface area contributed by atoms with Gasteiger partial charge in [0.2, 0.25) is 0 Å². The first-order chi connectivity index (χ1) is 8.95. The number of halogens is 2. The lowest BCUT2D eigenvalue weighted by atomic mass is 10.2. The number of aromatic nitrogens is 1. The van der Waals surface area contributed by atoms with Crippen LogP contribution in [0.2, 0.25) is 5.15 Å². The number of hydrogen-bond acceptors (Lipinski definition) is 3. The molecule has 4 nitrogen and oxygen atoms in total. The zero-order valence-electron chi connectivity index (χ0n) is 9.95. The summed E-state index contributed by atoms with van der Waals surface area (Å²) in [7, 11) is 0. The van der Waals surface area contributed by atoms with Gasteiger partial charge in [-0.1, -0.05) is 11.6 Å². The van der Waals surface area contributed by atoms with E-state index in [4.69, 9.17) is 16.7 Å². The molecule has 0 saturated heterocycles. The number of carbonyl (C=O) groups is 1. The molecular weight excluding hydrogens is 271 g/mol. The summed E-state index contributed by atoms with van der Waals surface area (Å²) in [5.74, 6) is -1.48. The molecule has 0 spiro atoms. The van der Waals surface area contributed by atoms with E-state index in [9.17, 15) is 9.18 Å². The molecule has 0 aliphatic carbocycles. The van der Waals surface area contributed by atoms with Crippen LogP contribution in [0.4, 0.5) is 15.9 Å². The van der Waals surface area contributed by atoms with Crippen LogP contribution in [-0.2, 0) is 0 Å². The number of nitrogens with zero attached hydrogens (tertiary/aromatic N) is 1. The van der Waals surface area contributed by atoms with Crippen molar-refractivity contribution in [3.8, 4) is 0 Å². The van der Waals surface area contributed by atoms with Gasteiger partial charge in [-0.25, -0.2) is 14.2 Å². The predicted molar refractivity (Wildman–Crippen MR) is 70.6 cm³/mol. The van der Waals surface area contributed by atoms with Gasteiger partial charge in [-0.3, -0.25) is 0 Å². The molecule has 0 bridgehead atoms. The second kappa shape index (κ2) is 5.24. The minimum Gasteiger partial charge on any atom is -0.478 e. The molecule has 0 radical (unpaired) electrons. The molecule has 6 heteroatoms. The highest BCUT2D eigenvalue weighted by atomic mass is 35.5. The van der Waals surface area contributed by atoms with E-state index in [1.165, 1.54) is 24.3 Å². The van der Waals surface area contributed by atoms with Crippen molar-refractivity contribution in [1.82, 2.24) is 4.98 Å². The number of rotatable bonds is 3. The first-order valence-electron chi connectivity index (χ1n) is 5.40. The standard InChI is InChI=1S/C13H10ClFN2O2/c1-7-4-8(15)6-9(5-7)16-12-10(13(18)19)2-3-11(14)17-12/h2-6H,1H3,(H,16,17)(H,18,19). The monoisotopic (exact) mass is 280 g/mol. The van der Waals surface area contributed by atoms with Crippen molar-refractivity contribution in [2.75, 3.05) is 5.32 Å². The molecule has 1 aromatic carbocycles. The Bertz CT molecular complexity index is 626. The average Bonchev–Trinajstić information content (AvgIpc) is 2.26. The quantitative estimate of drug-likeness (QED) is 0.843. The molecular formula is C13H10ClFN2O2. The minimum absolute atomic E-state index is 0.0358. The average molecular weight is 281 g/mol. The first-order valence-corrected chi connectivity index (χ1v) is 5.77. The van der Waals surface area contributed by atoms with Gasteiger partial charge in [-0.05, 0) is 42.8 Å². The van der Waals surface area contributed by atoms with Crippen molar-refractivity contribution in [1.29, 1.82) is 0 Å². The Balaban J connectivity index is 2.42. The van der Waals surface area contributed by atoms with Crippen LogP contribution < -0.4 is 5.32 Å². The lowest BCUT2D eigenvalue weighted by molar-refractivity contribution is 0.0697. The van der Waals surface area contributed by atoms with Gasteiger partial charge in [0.1, 0.15) is 22.4 Å². The molecule has 1 heterocycles. The second-order valence-corrected chi connectivity index (χ2v) is 4.36. The van der Waals surface area contributed by atoms with E-state index in [-0.39, 0.29) is 16.5 Å². The maximum absolute atomic E-state index is 13.3. The highest BCUT2D eigenvalue weighted by molar-refractivity contribution is 6.29. The molecule has 0 fully saturated rings. The Morgan fingerprint density at radius 3 is 2.74 bits per heavy atom. The fraction of sp³-hybridized carbons (Fsp3) is 0.0769. The molecule has 0 unspecified atom stereocenters. The zero-order chi connectivity index (χ0) is 14.0. The number of carboxylic acid groups (broad SMARTS) is 1. The molecule has 0 aliphatic rings.